The van der Waals surface area contributed by atoms with Gasteiger partial charge < -0.3 is 9.84 Å². The molecule has 0 spiro atoms. The Labute approximate surface area is 162 Å². The molecule has 0 radical (unpaired) electrons. The highest BCUT2D eigenvalue weighted by molar-refractivity contribution is 9.10. The second kappa shape index (κ2) is 8.83. The lowest BCUT2D eigenvalue weighted by Gasteiger charge is -2.23. The number of rotatable bonds is 8. The third kappa shape index (κ3) is 5.58. The van der Waals surface area contributed by atoms with Crippen LogP contribution in [0.25, 0.3) is 0 Å². The van der Waals surface area contributed by atoms with E-state index in [-0.39, 0.29) is 17.1 Å². The molecule has 0 saturated heterocycles. The third-order valence-electron chi connectivity index (χ3n) is 3.64. The van der Waals surface area contributed by atoms with Gasteiger partial charge in [0.15, 0.2) is 11.5 Å². The fourth-order valence-corrected chi connectivity index (χ4v) is 2.61. The van der Waals surface area contributed by atoms with Gasteiger partial charge in [0.1, 0.15) is 11.5 Å². The van der Waals surface area contributed by atoms with E-state index in [0.29, 0.717) is 11.3 Å². The maximum Gasteiger partial charge on any atom is 0.196 e. The summed E-state index contributed by atoms with van der Waals surface area (Å²) in [6.07, 6.45) is 7.20. The molecule has 0 saturated carbocycles. The Balaban J connectivity index is 2.13. The standard InChI is InChI=1S/C21H22BrNO3/c1-3-4-5-6-13-21(2,23)26-17-11-12-18(19(24)14-17)20(25)15-7-9-16(22)10-8-15/h3,6-14,24H,1,4-5,23H2,2H3. The molecule has 136 valence electrons. The number of carbonyl (C=O) groups excluding carboxylic acids is 1. The van der Waals surface area contributed by atoms with Crippen LogP contribution in [0, 0.1) is 0 Å². The highest BCUT2D eigenvalue weighted by Gasteiger charge is 2.19. The predicted molar refractivity (Wildman–Crippen MR) is 107 cm³/mol. The quantitative estimate of drug-likeness (QED) is 0.276. The Morgan fingerprint density at radius 1 is 1.27 bits per heavy atom. The summed E-state index contributed by atoms with van der Waals surface area (Å²) in [4.78, 5) is 12.5. The van der Waals surface area contributed by atoms with Gasteiger partial charge in [-0.1, -0.05) is 28.1 Å². The first-order valence-corrected chi connectivity index (χ1v) is 9.01. The molecule has 2 rings (SSSR count). The number of phenolic OH excluding ortho intramolecular Hbond substituents is 1. The van der Waals surface area contributed by atoms with Gasteiger partial charge in [0.25, 0.3) is 0 Å². The van der Waals surface area contributed by atoms with Crippen molar-refractivity contribution in [2.75, 3.05) is 0 Å². The van der Waals surface area contributed by atoms with Crippen molar-refractivity contribution >= 4 is 21.7 Å². The van der Waals surface area contributed by atoms with Crippen LogP contribution in [0.3, 0.4) is 0 Å². The van der Waals surface area contributed by atoms with Crippen molar-refractivity contribution in [3.8, 4) is 11.5 Å². The number of ether oxygens (including phenoxy) is 1. The maximum atomic E-state index is 12.5. The molecule has 0 aromatic heterocycles. The molecule has 1 unspecified atom stereocenters. The molecule has 0 bridgehead atoms. The number of carbonyl (C=O) groups is 1. The van der Waals surface area contributed by atoms with E-state index in [4.69, 9.17) is 10.5 Å². The summed E-state index contributed by atoms with van der Waals surface area (Å²) in [6.45, 7) is 5.38. The lowest BCUT2D eigenvalue weighted by molar-refractivity contribution is 0.103. The Bertz CT molecular complexity index is 811. The summed E-state index contributed by atoms with van der Waals surface area (Å²) in [7, 11) is 0. The van der Waals surface area contributed by atoms with Gasteiger partial charge >= 0.3 is 0 Å². The third-order valence-corrected chi connectivity index (χ3v) is 4.17. The fourth-order valence-electron chi connectivity index (χ4n) is 2.34. The van der Waals surface area contributed by atoms with Gasteiger partial charge in [-0.05, 0) is 62.2 Å². The van der Waals surface area contributed by atoms with Crippen molar-refractivity contribution < 1.29 is 14.6 Å². The van der Waals surface area contributed by atoms with Gasteiger partial charge in [0.2, 0.25) is 0 Å². The monoisotopic (exact) mass is 415 g/mol. The van der Waals surface area contributed by atoms with Crippen LogP contribution < -0.4 is 10.5 Å². The van der Waals surface area contributed by atoms with Gasteiger partial charge in [-0.15, -0.1) is 6.58 Å². The largest absolute Gasteiger partial charge is 0.507 e. The molecule has 0 heterocycles. The van der Waals surface area contributed by atoms with Crippen LogP contribution in [-0.4, -0.2) is 16.6 Å². The van der Waals surface area contributed by atoms with E-state index in [2.05, 4.69) is 22.5 Å². The van der Waals surface area contributed by atoms with Crippen LogP contribution in [0.4, 0.5) is 0 Å². The number of halogens is 1. The number of benzene rings is 2. The van der Waals surface area contributed by atoms with Crippen molar-refractivity contribution in [3.05, 3.63) is 82.9 Å². The van der Waals surface area contributed by atoms with Gasteiger partial charge in [-0.25, -0.2) is 0 Å². The average Bonchev–Trinajstić information content (AvgIpc) is 2.59. The summed E-state index contributed by atoms with van der Waals surface area (Å²) < 4.78 is 6.59. The van der Waals surface area contributed by atoms with Crippen LogP contribution >= 0.6 is 15.9 Å². The Kier molecular flexibility index (Phi) is 6.77. The molecule has 5 heteroatoms. The van der Waals surface area contributed by atoms with Crippen molar-refractivity contribution in [1.29, 1.82) is 0 Å². The molecule has 2 aromatic carbocycles. The number of allylic oxidation sites excluding steroid dienone is 2. The van der Waals surface area contributed by atoms with Crippen LogP contribution in [0.5, 0.6) is 11.5 Å². The van der Waals surface area contributed by atoms with Crippen molar-refractivity contribution in [1.82, 2.24) is 0 Å². The van der Waals surface area contributed by atoms with Crippen LogP contribution in [0.2, 0.25) is 0 Å². The fraction of sp³-hybridized carbons (Fsp3) is 0.190. The normalized spacial score (nSPS) is 13.3. The number of ketones is 1. The second-order valence-corrected chi connectivity index (χ2v) is 6.98. The van der Waals surface area contributed by atoms with E-state index in [0.717, 1.165) is 17.3 Å². The first-order valence-electron chi connectivity index (χ1n) is 8.22. The van der Waals surface area contributed by atoms with Crippen LogP contribution in [0.15, 0.2) is 71.7 Å². The minimum atomic E-state index is -1.02. The van der Waals surface area contributed by atoms with Gasteiger partial charge in [-0.3, -0.25) is 10.5 Å². The van der Waals surface area contributed by atoms with E-state index in [1.807, 2.05) is 12.2 Å². The van der Waals surface area contributed by atoms with E-state index in [1.165, 1.54) is 12.1 Å². The van der Waals surface area contributed by atoms with Crippen molar-refractivity contribution in [3.63, 3.8) is 0 Å². The summed E-state index contributed by atoms with van der Waals surface area (Å²) in [5.41, 5.74) is 5.77. The Hall–Kier alpha value is -2.37. The van der Waals surface area contributed by atoms with Gasteiger partial charge in [0, 0.05) is 16.1 Å². The molecule has 0 aliphatic heterocycles. The SMILES string of the molecule is C=CCCC=CC(C)(N)Oc1ccc(C(=O)c2ccc(Br)cc2)c(O)c1. The zero-order valence-corrected chi connectivity index (χ0v) is 16.2. The van der Waals surface area contributed by atoms with E-state index in [1.54, 1.807) is 43.3 Å². The summed E-state index contributed by atoms with van der Waals surface area (Å²) in [5, 5.41) is 10.2. The minimum Gasteiger partial charge on any atom is -0.507 e. The number of nitrogens with two attached hydrogens (primary N) is 1. The number of hydrogen-bond donors (Lipinski definition) is 2. The van der Waals surface area contributed by atoms with Crippen LogP contribution in [0.1, 0.15) is 35.7 Å². The number of unbranched alkanes of at least 4 members (excludes halogenated alkanes) is 1. The summed E-state index contributed by atoms with van der Waals surface area (Å²) >= 11 is 3.33. The lowest BCUT2D eigenvalue weighted by atomic mass is 10.0. The van der Waals surface area contributed by atoms with Gasteiger partial charge in [0.05, 0.1) is 5.56 Å². The second-order valence-electron chi connectivity index (χ2n) is 6.07. The zero-order valence-electron chi connectivity index (χ0n) is 14.6. The molecule has 0 aliphatic rings. The molecule has 2 aromatic rings. The zero-order chi connectivity index (χ0) is 19.2. The predicted octanol–water partition coefficient (Wildman–Crippen LogP) is 4.96. The summed E-state index contributed by atoms with van der Waals surface area (Å²) in [5.74, 6) is -0.0311. The highest BCUT2D eigenvalue weighted by atomic mass is 79.9. The average molecular weight is 416 g/mol. The first-order chi connectivity index (χ1) is 12.3. The number of aromatic hydroxyl groups is 1. The molecule has 1 atom stereocenters. The summed E-state index contributed by atoms with van der Waals surface area (Å²) in [6, 6.07) is 11.5. The molecule has 0 amide bonds. The molecule has 4 nitrogen and oxygen atoms in total. The van der Waals surface area contributed by atoms with Crippen molar-refractivity contribution in [2.45, 2.75) is 25.5 Å². The highest BCUT2D eigenvalue weighted by Crippen LogP contribution is 2.28. The maximum absolute atomic E-state index is 12.5. The van der Waals surface area contributed by atoms with E-state index in [9.17, 15) is 9.90 Å². The number of hydrogen-bond acceptors (Lipinski definition) is 4. The Morgan fingerprint density at radius 3 is 2.58 bits per heavy atom. The minimum absolute atomic E-state index is 0.151. The molecule has 0 aliphatic carbocycles. The van der Waals surface area contributed by atoms with E-state index < -0.39 is 5.72 Å². The number of phenols is 1. The molecular weight excluding hydrogens is 394 g/mol. The molecule has 3 N–H and O–H groups in total. The topological polar surface area (TPSA) is 72.5 Å². The first kappa shape index (κ1) is 19.9. The lowest BCUT2D eigenvalue weighted by Crippen LogP contribution is -2.40. The van der Waals surface area contributed by atoms with Crippen molar-refractivity contribution in [2.24, 2.45) is 5.73 Å². The molecule has 0 fully saturated rings. The van der Waals surface area contributed by atoms with Gasteiger partial charge in [-0.2, -0.15) is 0 Å². The molecule has 26 heavy (non-hydrogen) atoms. The molecular formula is C21H22BrNO3. The van der Waals surface area contributed by atoms with Crippen LogP contribution in [-0.2, 0) is 0 Å². The smallest absolute Gasteiger partial charge is 0.196 e. The Morgan fingerprint density at radius 2 is 1.96 bits per heavy atom. The van der Waals surface area contributed by atoms with E-state index >= 15 is 0 Å².